The van der Waals surface area contributed by atoms with E-state index in [2.05, 4.69) is 16.8 Å². The molecule has 3 nitrogen and oxygen atoms in total. The Hall–Kier alpha value is -1.78. The Kier molecular flexibility index (Phi) is 5.42. The van der Waals surface area contributed by atoms with Crippen LogP contribution in [0.2, 0.25) is 0 Å². The summed E-state index contributed by atoms with van der Waals surface area (Å²) in [5, 5.41) is 0. The third-order valence-corrected chi connectivity index (χ3v) is 3.78. The van der Waals surface area contributed by atoms with Crippen molar-refractivity contribution < 1.29 is 4.39 Å². The second-order valence-corrected chi connectivity index (χ2v) is 5.30. The summed E-state index contributed by atoms with van der Waals surface area (Å²) in [6, 6.07) is 10.8. The van der Waals surface area contributed by atoms with E-state index in [4.69, 9.17) is 5.73 Å². The van der Waals surface area contributed by atoms with Crippen molar-refractivity contribution in [3.05, 3.63) is 65.7 Å². The van der Waals surface area contributed by atoms with Gasteiger partial charge >= 0.3 is 0 Å². The smallest absolute Gasteiger partial charge is 0.127 e. The van der Waals surface area contributed by atoms with Crippen molar-refractivity contribution in [1.82, 2.24) is 9.88 Å². The van der Waals surface area contributed by atoms with Gasteiger partial charge in [0.2, 0.25) is 0 Å². The maximum atomic E-state index is 13.8. The second kappa shape index (κ2) is 7.29. The topological polar surface area (TPSA) is 42.1 Å². The fraction of sp³-hybridized carbons (Fsp3) is 0.353. The molecular formula is C17H22FN3. The number of nitrogens with two attached hydrogens (primary N) is 1. The van der Waals surface area contributed by atoms with Gasteiger partial charge in [0.1, 0.15) is 5.82 Å². The van der Waals surface area contributed by atoms with Gasteiger partial charge in [-0.15, -0.1) is 0 Å². The molecule has 1 heterocycles. The zero-order valence-electron chi connectivity index (χ0n) is 12.5. The van der Waals surface area contributed by atoms with Crippen LogP contribution in [-0.2, 0) is 6.54 Å². The minimum atomic E-state index is -0.178. The minimum Gasteiger partial charge on any atom is -0.326 e. The lowest BCUT2D eigenvalue weighted by Crippen LogP contribution is -2.38. The van der Waals surface area contributed by atoms with E-state index < -0.39 is 0 Å². The third-order valence-electron chi connectivity index (χ3n) is 3.78. The summed E-state index contributed by atoms with van der Waals surface area (Å²) < 4.78 is 13.8. The van der Waals surface area contributed by atoms with Crippen molar-refractivity contribution >= 4 is 0 Å². The average molecular weight is 287 g/mol. The quantitative estimate of drug-likeness (QED) is 0.887. The molecule has 0 saturated carbocycles. The van der Waals surface area contributed by atoms with Gasteiger partial charge in [0, 0.05) is 30.5 Å². The standard InChI is InChI=1S/C17H22FN3/c1-3-16(19)17(13-8-10-20-11-9-13)21(2)12-14-6-4-5-7-15(14)18/h4-11,16-17H,3,12,19H2,1-2H3. The van der Waals surface area contributed by atoms with E-state index in [0.29, 0.717) is 12.1 Å². The molecule has 0 bridgehead atoms. The first-order valence-electron chi connectivity index (χ1n) is 7.22. The number of rotatable bonds is 6. The van der Waals surface area contributed by atoms with Gasteiger partial charge in [0.25, 0.3) is 0 Å². The van der Waals surface area contributed by atoms with Gasteiger partial charge in [-0.05, 0) is 37.2 Å². The van der Waals surface area contributed by atoms with Crippen LogP contribution in [0.15, 0.2) is 48.8 Å². The van der Waals surface area contributed by atoms with Crippen LogP contribution in [0, 0.1) is 5.82 Å². The van der Waals surface area contributed by atoms with Crippen LogP contribution < -0.4 is 5.73 Å². The molecule has 2 rings (SSSR count). The van der Waals surface area contributed by atoms with Crippen molar-refractivity contribution in [1.29, 1.82) is 0 Å². The first kappa shape index (κ1) is 15.6. The predicted octanol–water partition coefficient (Wildman–Crippen LogP) is 3.13. The second-order valence-electron chi connectivity index (χ2n) is 5.30. The van der Waals surface area contributed by atoms with E-state index in [1.54, 1.807) is 18.5 Å². The highest BCUT2D eigenvalue weighted by Gasteiger charge is 2.23. The molecule has 0 radical (unpaired) electrons. The molecule has 2 unspecified atom stereocenters. The summed E-state index contributed by atoms with van der Waals surface area (Å²) in [5.41, 5.74) is 8.08. The van der Waals surface area contributed by atoms with Crippen LogP contribution in [0.1, 0.15) is 30.5 Å². The summed E-state index contributed by atoms with van der Waals surface area (Å²) in [6.07, 6.45) is 4.39. The SMILES string of the molecule is CCC(N)C(c1ccncc1)N(C)Cc1ccccc1F. The first-order valence-corrected chi connectivity index (χ1v) is 7.22. The predicted molar refractivity (Wildman–Crippen MR) is 83.1 cm³/mol. The van der Waals surface area contributed by atoms with Crippen molar-refractivity contribution in [3.8, 4) is 0 Å². The number of aromatic nitrogens is 1. The lowest BCUT2D eigenvalue weighted by Gasteiger charge is -2.32. The van der Waals surface area contributed by atoms with Gasteiger partial charge in [0.15, 0.2) is 0 Å². The van der Waals surface area contributed by atoms with Gasteiger partial charge < -0.3 is 5.73 Å². The number of nitrogens with zero attached hydrogens (tertiary/aromatic N) is 2. The molecule has 112 valence electrons. The van der Waals surface area contributed by atoms with E-state index in [1.165, 1.54) is 6.07 Å². The van der Waals surface area contributed by atoms with E-state index in [-0.39, 0.29) is 17.9 Å². The average Bonchev–Trinajstić information content (AvgIpc) is 2.50. The molecule has 0 saturated heterocycles. The maximum absolute atomic E-state index is 13.8. The molecule has 2 N–H and O–H groups in total. The Morgan fingerprint density at radius 2 is 1.86 bits per heavy atom. The van der Waals surface area contributed by atoms with Crippen molar-refractivity contribution in [3.63, 3.8) is 0 Å². The van der Waals surface area contributed by atoms with Crippen molar-refractivity contribution in [2.75, 3.05) is 7.05 Å². The van der Waals surface area contributed by atoms with Gasteiger partial charge in [-0.3, -0.25) is 9.88 Å². The fourth-order valence-electron chi connectivity index (χ4n) is 2.61. The van der Waals surface area contributed by atoms with Crippen LogP contribution in [0.5, 0.6) is 0 Å². The lowest BCUT2D eigenvalue weighted by atomic mass is 9.97. The van der Waals surface area contributed by atoms with E-state index in [9.17, 15) is 4.39 Å². The summed E-state index contributed by atoms with van der Waals surface area (Å²) in [4.78, 5) is 6.15. The number of benzene rings is 1. The van der Waals surface area contributed by atoms with Crippen molar-refractivity contribution in [2.45, 2.75) is 32.0 Å². The molecule has 21 heavy (non-hydrogen) atoms. The molecule has 2 atom stereocenters. The molecular weight excluding hydrogens is 265 g/mol. The zero-order valence-corrected chi connectivity index (χ0v) is 12.5. The summed E-state index contributed by atoms with van der Waals surface area (Å²) in [7, 11) is 1.98. The molecule has 0 aliphatic rings. The van der Waals surface area contributed by atoms with Crippen LogP contribution in [0.4, 0.5) is 4.39 Å². The Bertz CT molecular complexity index is 559. The first-order chi connectivity index (χ1) is 10.1. The highest BCUT2D eigenvalue weighted by Crippen LogP contribution is 2.25. The summed E-state index contributed by atoms with van der Waals surface area (Å²) >= 11 is 0. The van der Waals surface area contributed by atoms with Crippen LogP contribution in [0.3, 0.4) is 0 Å². The molecule has 0 fully saturated rings. The van der Waals surface area contributed by atoms with Gasteiger partial charge in [0.05, 0.1) is 6.04 Å². The van der Waals surface area contributed by atoms with E-state index in [1.807, 2.05) is 31.3 Å². The fourth-order valence-corrected chi connectivity index (χ4v) is 2.61. The molecule has 0 aliphatic heterocycles. The number of halogens is 1. The number of pyridine rings is 1. The Labute approximate surface area is 125 Å². The van der Waals surface area contributed by atoms with Gasteiger partial charge in [-0.25, -0.2) is 4.39 Å². The van der Waals surface area contributed by atoms with E-state index >= 15 is 0 Å². The monoisotopic (exact) mass is 287 g/mol. The molecule has 1 aromatic carbocycles. The third kappa shape index (κ3) is 3.86. The van der Waals surface area contributed by atoms with Crippen LogP contribution in [0.25, 0.3) is 0 Å². The highest BCUT2D eigenvalue weighted by molar-refractivity contribution is 5.20. The van der Waals surface area contributed by atoms with E-state index in [0.717, 1.165) is 12.0 Å². The Balaban J connectivity index is 2.23. The molecule has 0 amide bonds. The Morgan fingerprint density at radius 1 is 1.19 bits per heavy atom. The number of hydrogen-bond donors (Lipinski definition) is 1. The molecule has 4 heteroatoms. The van der Waals surface area contributed by atoms with Crippen LogP contribution in [-0.4, -0.2) is 23.0 Å². The number of likely N-dealkylation sites (N-methyl/N-ethyl adjacent to an activating group) is 1. The minimum absolute atomic E-state index is 0.0100. The summed E-state index contributed by atoms with van der Waals surface area (Å²) in [6.45, 7) is 2.59. The van der Waals surface area contributed by atoms with Gasteiger partial charge in [-0.1, -0.05) is 25.1 Å². The van der Waals surface area contributed by atoms with Gasteiger partial charge in [-0.2, -0.15) is 0 Å². The highest BCUT2D eigenvalue weighted by atomic mass is 19.1. The maximum Gasteiger partial charge on any atom is 0.127 e. The number of hydrogen-bond acceptors (Lipinski definition) is 3. The zero-order chi connectivity index (χ0) is 15.2. The normalized spacial score (nSPS) is 14.1. The Morgan fingerprint density at radius 3 is 2.48 bits per heavy atom. The van der Waals surface area contributed by atoms with Crippen molar-refractivity contribution in [2.24, 2.45) is 5.73 Å². The van der Waals surface area contributed by atoms with Crippen LogP contribution >= 0.6 is 0 Å². The molecule has 1 aromatic heterocycles. The largest absolute Gasteiger partial charge is 0.326 e. The molecule has 0 spiro atoms. The summed E-state index contributed by atoms with van der Waals surface area (Å²) in [5.74, 6) is -0.178. The lowest BCUT2D eigenvalue weighted by molar-refractivity contribution is 0.199. The molecule has 2 aromatic rings. The molecule has 0 aliphatic carbocycles.